The lowest BCUT2D eigenvalue weighted by Gasteiger charge is -2.06. The molecule has 0 fully saturated rings. The molecular formula is C8H9IN2O3. The molecule has 0 aromatic heterocycles. The molecule has 0 aliphatic heterocycles. The Bertz CT molecular complexity index is 368. The summed E-state index contributed by atoms with van der Waals surface area (Å²) in [5.74, 6) is 0.608. The molecule has 0 atom stereocenters. The first-order chi connectivity index (χ1) is 6.60. The van der Waals surface area contributed by atoms with Crippen molar-refractivity contribution in [2.45, 2.75) is 6.54 Å². The van der Waals surface area contributed by atoms with Crippen molar-refractivity contribution in [2.75, 3.05) is 7.11 Å². The Morgan fingerprint density at radius 3 is 2.71 bits per heavy atom. The largest absolute Gasteiger partial charge is 0.496 e. The monoisotopic (exact) mass is 308 g/mol. The minimum absolute atomic E-state index is 0.0395. The molecule has 0 bridgehead atoms. The smallest absolute Gasteiger partial charge is 0.275 e. The third kappa shape index (κ3) is 2.13. The second kappa shape index (κ2) is 4.56. The van der Waals surface area contributed by atoms with Gasteiger partial charge in [-0.25, -0.2) is 0 Å². The van der Waals surface area contributed by atoms with Crippen molar-refractivity contribution in [1.82, 2.24) is 0 Å². The molecule has 0 saturated heterocycles. The number of ether oxygens (including phenoxy) is 1. The van der Waals surface area contributed by atoms with E-state index in [0.29, 0.717) is 14.9 Å². The van der Waals surface area contributed by atoms with Crippen LogP contribution in [-0.4, -0.2) is 12.0 Å². The number of nitro benzene ring substituents is 1. The van der Waals surface area contributed by atoms with Gasteiger partial charge in [-0.05, 0) is 28.7 Å². The molecule has 0 amide bonds. The van der Waals surface area contributed by atoms with Crippen molar-refractivity contribution in [2.24, 2.45) is 5.73 Å². The molecule has 1 rings (SSSR count). The van der Waals surface area contributed by atoms with Crippen molar-refractivity contribution in [3.05, 3.63) is 31.4 Å². The highest BCUT2D eigenvalue weighted by molar-refractivity contribution is 14.1. The fourth-order valence-corrected chi connectivity index (χ4v) is 1.75. The molecule has 1 aromatic rings. The average molecular weight is 308 g/mol. The molecule has 0 aliphatic rings. The van der Waals surface area contributed by atoms with Crippen molar-refractivity contribution in [1.29, 1.82) is 0 Å². The maximum Gasteiger partial charge on any atom is 0.275 e. The summed E-state index contributed by atoms with van der Waals surface area (Å²) < 4.78 is 5.74. The highest BCUT2D eigenvalue weighted by atomic mass is 127. The van der Waals surface area contributed by atoms with Gasteiger partial charge in [0, 0.05) is 18.2 Å². The zero-order chi connectivity index (χ0) is 10.7. The lowest BCUT2D eigenvalue weighted by molar-refractivity contribution is -0.385. The van der Waals surface area contributed by atoms with E-state index in [-0.39, 0.29) is 12.2 Å². The van der Waals surface area contributed by atoms with Crippen LogP contribution in [0.2, 0.25) is 0 Å². The van der Waals surface area contributed by atoms with E-state index in [1.807, 2.05) is 22.6 Å². The zero-order valence-electron chi connectivity index (χ0n) is 7.49. The number of rotatable bonds is 3. The lowest BCUT2D eigenvalue weighted by Crippen LogP contribution is -2.03. The fraction of sp³-hybridized carbons (Fsp3) is 0.250. The molecule has 5 nitrogen and oxygen atoms in total. The molecule has 14 heavy (non-hydrogen) atoms. The van der Waals surface area contributed by atoms with E-state index < -0.39 is 4.92 Å². The van der Waals surface area contributed by atoms with Gasteiger partial charge in [-0.1, -0.05) is 0 Å². The van der Waals surface area contributed by atoms with Gasteiger partial charge in [-0.3, -0.25) is 10.1 Å². The first-order valence-corrected chi connectivity index (χ1v) is 4.89. The van der Waals surface area contributed by atoms with Crippen LogP contribution < -0.4 is 10.5 Å². The van der Waals surface area contributed by atoms with E-state index in [0.717, 1.165) is 0 Å². The van der Waals surface area contributed by atoms with Gasteiger partial charge in [0.2, 0.25) is 0 Å². The fourth-order valence-electron chi connectivity index (χ4n) is 1.07. The molecule has 2 N–H and O–H groups in total. The highest BCUT2D eigenvalue weighted by Crippen LogP contribution is 2.29. The molecule has 0 heterocycles. The average Bonchev–Trinajstić information content (AvgIpc) is 2.17. The van der Waals surface area contributed by atoms with Crippen LogP contribution in [0, 0.1) is 13.7 Å². The molecule has 1 aromatic carbocycles. The minimum Gasteiger partial charge on any atom is -0.496 e. The van der Waals surface area contributed by atoms with Crippen molar-refractivity contribution < 1.29 is 9.66 Å². The summed E-state index contributed by atoms with van der Waals surface area (Å²) in [7, 11) is 1.52. The van der Waals surface area contributed by atoms with Gasteiger partial charge < -0.3 is 10.5 Å². The molecule has 6 heteroatoms. The Labute approximate surface area is 94.5 Å². The Kier molecular flexibility index (Phi) is 3.64. The molecule has 0 unspecified atom stereocenters. The number of nitro groups is 1. The van der Waals surface area contributed by atoms with E-state index in [1.165, 1.54) is 13.2 Å². The van der Waals surface area contributed by atoms with E-state index in [2.05, 4.69) is 0 Å². The van der Waals surface area contributed by atoms with Crippen LogP contribution in [0.25, 0.3) is 0 Å². The maximum absolute atomic E-state index is 10.6. The van der Waals surface area contributed by atoms with Crippen LogP contribution in [0.3, 0.4) is 0 Å². The van der Waals surface area contributed by atoms with Gasteiger partial charge in [-0.2, -0.15) is 0 Å². The van der Waals surface area contributed by atoms with Crippen LogP contribution in [0.5, 0.6) is 5.75 Å². The molecule has 0 radical (unpaired) electrons. The number of hydrogen-bond acceptors (Lipinski definition) is 4. The first kappa shape index (κ1) is 11.2. The summed E-state index contributed by atoms with van der Waals surface area (Å²) in [6.45, 7) is 0.129. The third-order valence-corrected chi connectivity index (χ3v) is 2.61. The predicted molar refractivity (Wildman–Crippen MR) is 60.3 cm³/mol. The SMILES string of the molecule is COc1cc(CN)c([N+](=O)[O-])cc1I. The summed E-state index contributed by atoms with van der Waals surface area (Å²) in [4.78, 5) is 10.2. The lowest BCUT2D eigenvalue weighted by atomic mass is 10.1. The maximum atomic E-state index is 10.6. The van der Waals surface area contributed by atoms with Gasteiger partial charge in [0.25, 0.3) is 5.69 Å². The standard InChI is InChI=1S/C8H9IN2O3/c1-14-8-2-5(4-10)7(11(12)13)3-6(8)9/h2-3H,4,10H2,1H3. The van der Waals surface area contributed by atoms with Crippen LogP contribution in [0.1, 0.15) is 5.56 Å². The quantitative estimate of drug-likeness (QED) is 0.523. The van der Waals surface area contributed by atoms with Crippen LogP contribution >= 0.6 is 22.6 Å². The molecule has 0 aliphatic carbocycles. The summed E-state index contributed by atoms with van der Waals surface area (Å²) in [5, 5.41) is 10.6. The molecular weight excluding hydrogens is 299 g/mol. The van der Waals surface area contributed by atoms with Crippen molar-refractivity contribution in [3.8, 4) is 5.75 Å². The predicted octanol–water partition coefficient (Wildman–Crippen LogP) is 1.67. The van der Waals surface area contributed by atoms with Crippen LogP contribution in [0.4, 0.5) is 5.69 Å². The van der Waals surface area contributed by atoms with E-state index in [1.54, 1.807) is 6.07 Å². The normalized spacial score (nSPS) is 9.93. The summed E-state index contributed by atoms with van der Waals surface area (Å²) in [6, 6.07) is 3.06. The van der Waals surface area contributed by atoms with E-state index in [9.17, 15) is 10.1 Å². The number of nitrogens with two attached hydrogens (primary N) is 1. The van der Waals surface area contributed by atoms with Crippen LogP contribution in [-0.2, 0) is 6.54 Å². The van der Waals surface area contributed by atoms with E-state index in [4.69, 9.17) is 10.5 Å². The Hall–Kier alpha value is -0.890. The molecule has 0 spiro atoms. The van der Waals surface area contributed by atoms with E-state index >= 15 is 0 Å². The number of nitrogens with zero attached hydrogens (tertiary/aromatic N) is 1. The molecule has 0 saturated carbocycles. The van der Waals surface area contributed by atoms with Crippen LogP contribution in [0.15, 0.2) is 12.1 Å². The van der Waals surface area contributed by atoms with Gasteiger partial charge in [0.05, 0.1) is 15.6 Å². The summed E-state index contributed by atoms with van der Waals surface area (Å²) in [6.07, 6.45) is 0. The van der Waals surface area contributed by atoms with Gasteiger partial charge in [-0.15, -0.1) is 0 Å². The number of hydrogen-bond donors (Lipinski definition) is 1. The topological polar surface area (TPSA) is 78.4 Å². The van der Waals surface area contributed by atoms with Gasteiger partial charge >= 0.3 is 0 Å². The minimum atomic E-state index is -0.441. The Morgan fingerprint density at radius 1 is 1.64 bits per heavy atom. The Balaban J connectivity index is 3.31. The van der Waals surface area contributed by atoms with Crippen molar-refractivity contribution >= 4 is 28.3 Å². The molecule has 76 valence electrons. The van der Waals surface area contributed by atoms with Crippen molar-refractivity contribution in [3.63, 3.8) is 0 Å². The number of methoxy groups -OCH3 is 1. The second-order valence-electron chi connectivity index (χ2n) is 2.58. The summed E-state index contributed by atoms with van der Waals surface area (Å²) in [5.41, 5.74) is 5.92. The summed E-state index contributed by atoms with van der Waals surface area (Å²) >= 11 is 1.98. The first-order valence-electron chi connectivity index (χ1n) is 3.81. The number of halogens is 1. The van der Waals surface area contributed by atoms with Gasteiger partial charge in [0.1, 0.15) is 5.75 Å². The zero-order valence-corrected chi connectivity index (χ0v) is 9.65. The third-order valence-electron chi connectivity index (χ3n) is 1.77. The number of benzene rings is 1. The highest BCUT2D eigenvalue weighted by Gasteiger charge is 2.16. The van der Waals surface area contributed by atoms with Gasteiger partial charge in [0.15, 0.2) is 0 Å². The Morgan fingerprint density at radius 2 is 2.29 bits per heavy atom. The second-order valence-corrected chi connectivity index (χ2v) is 3.74.